The fraction of sp³-hybridized carbons (Fsp3) is 0.351. The van der Waals surface area contributed by atoms with E-state index >= 15 is 0 Å². The Morgan fingerprint density at radius 3 is 1.37 bits per heavy atom. The number of fused-ring (bicyclic) bond motifs is 16. The Labute approximate surface area is 285 Å². The summed E-state index contributed by atoms with van der Waals surface area (Å²) in [5.74, 6) is 1.59. The molecule has 0 aliphatic carbocycles. The van der Waals surface area contributed by atoms with E-state index in [1.165, 1.54) is 0 Å². The quantitative estimate of drug-likeness (QED) is 0.180. The van der Waals surface area contributed by atoms with E-state index in [1.807, 2.05) is 24.5 Å². The Hall–Kier alpha value is -4.03. The Bertz CT molecular complexity index is 1970. The molecule has 9 heteroatoms. The Balaban J connectivity index is 0.00000372. The zero-order valence-corrected chi connectivity index (χ0v) is 30.4. The van der Waals surface area contributed by atoms with Crippen molar-refractivity contribution in [3.8, 4) is 11.6 Å². The molecule has 7 heterocycles. The van der Waals surface area contributed by atoms with E-state index in [0.717, 1.165) is 67.6 Å². The van der Waals surface area contributed by atoms with Crippen LogP contribution in [0.2, 0.25) is 0 Å². The van der Waals surface area contributed by atoms with Crippen molar-refractivity contribution in [2.45, 2.75) is 57.8 Å². The summed E-state index contributed by atoms with van der Waals surface area (Å²) in [5.41, 5.74) is 8.32. The molecule has 0 unspecified atom stereocenters. The predicted molar refractivity (Wildman–Crippen MR) is 182 cm³/mol. The third kappa shape index (κ3) is 4.59. The maximum atomic E-state index is 5.35. The number of hydrogen-bond donors (Lipinski definition) is 0. The Kier molecular flexibility index (Phi) is 7.47. The average molecular weight is 792 g/mol. The molecule has 7 rings (SSSR count). The summed E-state index contributed by atoms with van der Waals surface area (Å²) >= 11 is 0. The number of hydrogen-bond acceptors (Lipinski definition) is 6. The molecule has 46 heavy (non-hydrogen) atoms. The molecule has 6 aromatic heterocycles. The molecule has 0 spiro atoms. The van der Waals surface area contributed by atoms with E-state index in [-0.39, 0.29) is 21.1 Å². The van der Waals surface area contributed by atoms with Gasteiger partial charge in [0.25, 0.3) is 0 Å². The van der Waals surface area contributed by atoms with Crippen molar-refractivity contribution >= 4 is 33.4 Å². The Morgan fingerprint density at radius 2 is 1.00 bits per heavy atom. The second-order valence-corrected chi connectivity index (χ2v) is 14.2. The molecule has 0 amide bonds. The summed E-state index contributed by atoms with van der Waals surface area (Å²) in [6, 6.07) is 16.8. The second-order valence-electron chi connectivity index (χ2n) is 14.2. The first-order valence-electron chi connectivity index (χ1n) is 15.4. The number of aromatic nitrogens is 6. The fourth-order valence-corrected chi connectivity index (χ4v) is 6.37. The average Bonchev–Trinajstić information content (AvgIpc) is 3.60. The summed E-state index contributed by atoms with van der Waals surface area (Å²) in [6.45, 7) is 13.5. The van der Waals surface area contributed by atoms with Crippen LogP contribution in [0.4, 0.5) is 11.4 Å². The molecule has 8 nitrogen and oxygen atoms in total. The minimum absolute atomic E-state index is 0. The molecule has 1 aliphatic heterocycles. The largest absolute Gasteiger partial charge is 2.00 e. The summed E-state index contributed by atoms with van der Waals surface area (Å²) in [4.78, 5) is 24.8. The number of nitrogens with zero attached hydrogens (tertiary/aromatic N) is 8. The van der Waals surface area contributed by atoms with Crippen LogP contribution >= 0.6 is 0 Å². The molecule has 1 aliphatic rings. The van der Waals surface area contributed by atoms with Gasteiger partial charge in [-0.15, -0.1) is 0 Å². The smallest absolute Gasteiger partial charge is 0.427 e. The molecule has 8 bridgehead atoms. The molecule has 0 fully saturated rings. The fourth-order valence-electron chi connectivity index (χ4n) is 6.37. The maximum absolute atomic E-state index is 5.35. The van der Waals surface area contributed by atoms with E-state index in [9.17, 15) is 0 Å². The third-order valence-electron chi connectivity index (χ3n) is 10.2. The zero-order chi connectivity index (χ0) is 32.1. The molecule has 0 saturated carbocycles. The molecule has 0 saturated heterocycles. The van der Waals surface area contributed by atoms with Crippen molar-refractivity contribution in [2.75, 3.05) is 38.0 Å². The SMILES string of the molecule is CN(C)c1cc2nc(c1)C(C)(C)c1cc(N(C)C)cc(n1)-n1[c-]c(c3ncccc31)C(C)(C)C(C)(C)c1[c-]n-2c2cccnc12.[Pt+2]. The Morgan fingerprint density at radius 1 is 0.609 bits per heavy atom. The van der Waals surface area contributed by atoms with Gasteiger partial charge in [0.05, 0.1) is 11.6 Å². The molecule has 0 N–H and O–H groups in total. The minimum Gasteiger partial charge on any atom is -0.427 e. The number of rotatable bonds is 2. The van der Waals surface area contributed by atoms with Crippen molar-refractivity contribution < 1.29 is 21.1 Å². The third-order valence-corrected chi connectivity index (χ3v) is 10.2. The second kappa shape index (κ2) is 10.8. The van der Waals surface area contributed by atoms with Crippen molar-refractivity contribution in [2.24, 2.45) is 0 Å². The van der Waals surface area contributed by atoms with Crippen LogP contribution < -0.4 is 9.80 Å². The van der Waals surface area contributed by atoms with Crippen molar-refractivity contribution in [3.63, 3.8) is 0 Å². The monoisotopic (exact) mass is 791 g/mol. The summed E-state index contributed by atoms with van der Waals surface area (Å²) in [7, 11) is 8.26. The standard InChI is InChI=1S/C37H40N8.Pt/c1-35(2)29-17-23(42(7)8)19-31(40-29)44-21-25(33-27(44)13-11-15-38-33)36(3,4)37(5,6)26-22-45(28-14-12-16-39-34(26)28)32-20-24(43(9)10)18-30(35)41-32;/h11-20H,1-10H3;/q-2;+2. The van der Waals surface area contributed by atoms with Crippen LogP contribution in [0.15, 0.2) is 60.9 Å². The zero-order valence-electron chi connectivity index (χ0n) is 28.2. The van der Waals surface area contributed by atoms with E-state index in [4.69, 9.17) is 19.9 Å². The van der Waals surface area contributed by atoms with Crippen molar-refractivity contribution in [1.82, 2.24) is 29.1 Å². The van der Waals surface area contributed by atoms with Crippen molar-refractivity contribution in [3.05, 3.63) is 95.8 Å². The minimum atomic E-state index is -0.547. The van der Waals surface area contributed by atoms with E-state index in [2.05, 4.69) is 137 Å². The summed E-state index contributed by atoms with van der Waals surface area (Å²) in [6.07, 6.45) is 11.3. The first kappa shape index (κ1) is 31.9. The predicted octanol–water partition coefficient (Wildman–Crippen LogP) is 6.78. The van der Waals surface area contributed by atoms with Crippen LogP contribution in [-0.4, -0.2) is 57.3 Å². The van der Waals surface area contributed by atoms with Gasteiger partial charge >= 0.3 is 21.1 Å². The van der Waals surface area contributed by atoms with Gasteiger partial charge in [0.1, 0.15) is 0 Å². The van der Waals surface area contributed by atoms with Gasteiger partial charge in [-0.1, -0.05) is 86.5 Å². The molecule has 0 radical (unpaired) electrons. The van der Waals surface area contributed by atoms with E-state index in [0.29, 0.717) is 0 Å². The van der Waals surface area contributed by atoms with Gasteiger partial charge in [0.2, 0.25) is 0 Å². The van der Waals surface area contributed by atoms with E-state index < -0.39 is 16.2 Å². The summed E-state index contributed by atoms with van der Waals surface area (Å²) in [5, 5.41) is 0. The molecule has 0 aromatic carbocycles. The first-order valence-corrected chi connectivity index (χ1v) is 15.4. The summed E-state index contributed by atoms with van der Waals surface area (Å²) < 4.78 is 4.17. The number of anilines is 2. The van der Waals surface area contributed by atoms with Gasteiger partial charge in [0.15, 0.2) is 0 Å². The topological polar surface area (TPSA) is 67.9 Å². The van der Waals surface area contributed by atoms with Crippen LogP contribution in [0.25, 0.3) is 33.7 Å². The van der Waals surface area contributed by atoms with E-state index in [1.54, 1.807) is 0 Å². The van der Waals surface area contributed by atoms with Gasteiger partial charge < -0.3 is 28.9 Å². The molecule has 238 valence electrons. The van der Waals surface area contributed by atoms with Gasteiger partial charge in [-0.25, -0.2) is 0 Å². The van der Waals surface area contributed by atoms with Crippen LogP contribution in [0.1, 0.15) is 64.1 Å². The first-order chi connectivity index (χ1) is 21.2. The van der Waals surface area contributed by atoms with Gasteiger partial charge in [-0.05, 0) is 60.0 Å². The van der Waals surface area contributed by atoms with Crippen LogP contribution in [0.3, 0.4) is 0 Å². The normalized spacial score (nSPS) is 16.0. The van der Waals surface area contributed by atoms with Gasteiger partial charge in [0, 0.05) is 68.8 Å². The van der Waals surface area contributed by atoms with Crippen molar-refractivity contribution in [1.29, 1.82) is 0 Å². The molecular formula is C37H40N8Pt. The molecule has 6 aromatic rings. The van der Waals surface area contributed by atoms with Crippen LogP contribution in [0.5, 0.6) is 0 Å². The maximum Gasteiger partial charge on any atom is 2.00 e. The molecule has 0 atom stereocenters. The molecular weight excluding hydrogens is 752 g/mol. The van der Waals surface area contributed by atoms with Gasteiger partial charge in [-0.3, -0.25) is 9.97 Å². The van der Waals surface area contributed by atoms with Crippen LogP contribution in [0, 0.1) is 12.4 Å². The van der Waals surface area contributed by atoms with Crippen LogP contribution in [-0.2, 0) is 37.3 Å². The number of pyridine rings is 4. The van der Waals surface area contributed by atoms with Gasteiger partial charge in [-0.2, -0.15) is 0 Å².